The number of esters is 1. The summed E-state index contributed by atoms with van der Waals surface area (Å²) in [5.74, 6) is -2.12. The van der Waals surface area contributed by atoms with Crippen LogP contribution in [0.15, 0.2) is 48.5 Å². The van der Waals surface area contributed by atoms with Crippen molar-refractivity contribution in [2.45, 2.75) is 46.1 Å². The number of rotatable bonds is 9. The lowest BCUT2D eigenvalue weighted by molar-refractivity contribution is -0.121. The van der Waals surface area contributed by atoms with E-state index in [0.717, 1.165) is 24.2 Å². The van der Waals surface area contributed by atoms with Crippen molar-refractivity contribution < 1.29 is 23.9 Å². The molecule has 2 aromatic carbocycles. The molecule has 7 nitrogen and oxygen atoms in total. The minimum absolute atomic E-state index is 0.297. The molecule has 0 saturated carbocycles. The lowest BCUT2D eigenvalue weighted by Crippen LogP contribution is -2.50. The van der Waals surface area contributed by atoms with Crippen molar-refractivity contribution in [3.8, 4) is 0 Å². The monoisotopic (exact) mass is 436 g/mol. The lowest BCUT2D eigenvalue weighted by Gasteiger charge is -2.28. The van der Waals surface area contributed by atoms with Gasteiger partial charge in [0.25, 0.3) is 11.8 Å². The fourth-order valence-corrected chi connectivity index (χ4v) is 3.68. The third-order valence-electron chi connectivity index (χ3n) is 5.37. The van der Waals surface area contributed by atoms with E-state index in [-0.39, 0.29) is 5.92 Å². The lowest BCUT2D eigenvalue weighted by atomic mass is 10.0. The van der Waals surface area contributed by atoms with Gasteiger partial charge in [-0.15, -0.1) is 0 Å². The number of carbonyl (C=O) groups excluding carboxylic acids is 4. The fraction of sp³-hybridized carbons (Fsp3) is 0.360. The zero-order chi connectivity index (χ0) is 23.3. The van der Waals surface area contributed by atoms with Crippen LogP contribution in [-0.2, 0) is 9.53 Å². The minimum atomic E-state index is -0.967. The molecule has 0 aliphatic carbocycles. The predicted molar refractivity (Wildman–Crippen MR) is 120 cm³/mol. The zero-order valence-electron chi connectivity index (χ0n) is 18.6. The molecule has 0 unspecified atom stereocenters. The Morgan fingerprint density at radius 3 is 2.06 bits per heavy atom. The molecule has 0 aromatic heterocycles. The predicted octanol–water partition coefficient (Wildman–Crippen LogP) is 4.29. The molecule has 2 aromatic rings. The van der Waals surface area contributed by atoms with E-state index in [1.807, 2.05) is 0 Å². The third kappa shape index (κ3) is 4.88. The van der Waals surface area contributed by atoms with Gasteiger partial charge in [0.2, 0.25) is 5.91 Å². The molecular formula is C25H28N2O5. The molecule has 168 valence electrons. The number of carbonyl (C=O) groups is 4. The number of nitrogens with zero attached hydrogens (tertiary/aromatic N) is 1. The maximum atomic E-state index is 13.1. The van der Waals surface area contributed by atoms with Crippen LogP contribution in [0.3, 0.4) is 0 Å². The zero-order valence-corrected chi connectivity index (χ0v) is 18.6. The molecule has 0 fully saturated rings. The summed E-state index contributed by atoms with van der Waals surface area (Å²) in [6.45, 7) is 6.02. The highest BCUT2D eigenvalue weighted by atomic mass is 16.5. The highest BCUT2D eigenvalue weighted by Crippen LogP contribution is 2.27. The SMILES string of the molecule is CCCCCOC(=O)c1ccc(NC(=O)[C@H](C(C)C)N2C(=O)c3ccccc3C2=O)cc1. The van der Waals surface area contributed by atoms with Crippen molar-refractivity contribution in [1.29, 1.82) is 0 Å². The van der Waals surface area contributed by atoms with Crippen molar-refractivity contribution in [2.24, 2.45) is 5.92 Å². The molecule has 7 heteroatoms. The van der Waals surface area contributed by atoms with Gasteiger partial charge < -0.3 is 10.1 Å². The van der Waals surface area contributed by atoms with Gasteiger partial charge in [-0.1, -0.05) is 45.7 Å². The number of hydrogen-bond acceptors (Lipinski definition) is 5. The van der Waals surface area contributed by atoms with E-state index in [0.29, 0.717) is 29.0 Å². The van der Waals surface area contributed by atoms with E-state index in [1.165, 1.54) is 0 Å². The van der Waals surface area contributed by atoms with E-state index < -0.39 is 29.7 Å². The Morgan fingerprint density at radius 1 is 0.938 bits per heavy atom. The van der Waals surface area contributed by atoms with Gasteiger partial charge in [0, 0.05) is 5.69 Å². The van der Waals surface area contributed by atoms with Gasteiger partial charge in [0.05, 0.1) is 23.3 Å². The Hall–Kier alpha value is -3.48. The molecular weight excluding hydrogens is 408 g/mol. The van der Waals surface area contributed by atoms with Gasteiger partial charge in [-0.3, -0.25) is 19.3 Å². The van der Waals surface area contributed by atoms with Gasteiger partial charge in [-0.05, 0) is 48.7 Å². The van der Waals surface area contributed by atoms with E-state index >= 15 is 0 Å². The van der Waals surface area contributed by atoms with Gasteiger partial charge in [0.15, 0.2) is 0 Å². The molecule has 32 heavy (non-hydrogen) atoms. The second-order valence-corrected chi connectivity index (χ2v) is 8.12. The first-order valence-electron chi connectivity index (χ1n) is 10.9. The molecule has 1 N–H and O–H groups in total. The van der Waals surface area contributed by atoms with E-state index in [9.17, 15) is 19.2 Å². The highest BCUT2D eigenvalue weighted by molar-refractivity contribution is 6.23. The first-order chi connectivity index (χ1) is 15.3. The Bertz CT molecular complexity index is 978. The molecule has 0 spiro atoms. The Kier molecular flexibility index (Phi) is 7.41. The largest absolute Gasteiger partial charge is 0.462 e. The summed E-state index contributed by atoms with van der Waals surface area (Å²) in [6.07, 6.45) is 2.87. The van der Waals surface area contributed by atoms with Crippen LogP contribution in [0.2, 0.25) is 0 Å². The Balaban J connectivity index is 1.69. The molecule has 1 atom stereocenters. The third-order valence-corrected chi connectivity index (χ3v) is 5.37. The smallest absolute Gasteiger partial charge is 0.338 e. The maximum absolute atomic E-state index is 13.1. The molecule has 1 aliphatic heterocycles. The molecule has 3 rings (SSSR count). The van der Waals surface area contributed by atoms with Gasteiger partial charge in [-0.25, -0.2) is 4.79 Å². The van der Waals surface area contributed by atoms with Crippen molar-refractivity contribution >= 4 is 29.4 Å². The summed E-state index contributed by atoms with van der Waals surface area (Å²) in [7, 11) is 0. The number of nitrogens with one attached hydrogen (secondary N) is 1. The van der Waals surface area contributed by atoms with Crippen molar-refractivity contribution in [3.63, 3.8) is 0 Å². The number of fused-ring (bicyclic) bond motifs is 1. The first-order valence-corrected chi connectivity index (χ1v) is 10.9. The fourth-order valence-electron chi connectivity index (χ4n) is 3.68. The maximum Gasteiger partial charge on any atom is 0.338 e. The molecule has 3 amide bonds. The molecule has 0 saturated heterocycles. The summed E-state index contributed by atoms with van der Waals surface area (Å²) in [5.41, 5.74) is 1.45. The number of anilines is 1. The second kappa shape index (κ2) is 10.2. The van der Waals surface area contributed by atoms with Crippen molar-refractivity contribution in [2.75, 3.05) is 11.9 Å². The van der Waals surface area contributed by atoms with Crippen LogP contribution in [0, 0.1) is 5.92 Å². The normalized spacial score (nSPS) is 13.8. The molecule has 1 heterocycles. The first kappa shape index (κ1) is 23.2. The highest BCUT2D eigenvalue weighted by Gasteiger charge is 2.43. The summed E-state index contributed by atoms with van der Waals surface area (Å²) in [6, 6.07) is 11.9. The molecule has 0 bridgehead atoms. The average molecular weight is 437 g/mol. The Morgan fingerprint density at radius 2 is 1.53 bits per heavy atom. The summed E-state index contributed by atoms with van der Waals surface area (Å²) in [4.78, 5) is 51.9. The number of amides is 3. The topological polar surface area (TPSA) is 92.8 Å². The average Bonchev–Trinajstić information content (AvgIpc) is 3.02. The Labute approximate surface area is 187 Å². The van der Waals surface area contributed by atoms with Crippen molar-refractivity contribution in [3.05, 3.63) is 65.2 Å². The summed E-state index contributed by atoms with van der Waals surface area (Å²) >= 11 is 0. The van der Waals surface area contributed by atoms with E-state index in [4.69, 9.17) is 4.74 Å². The van der Waals surface area contributed by atoms with Crippen LogP contribution in [0.25, 0.3) is 0 Å². The van der Waals surface area contributed by atoms with Crippen LogP contribution in [0.1, 0.15) is 71.1 Å². The second-order valence-electron chi connectivity index (χ2n) is 8.12. The quantitative estimate of drug-likeness (QED) is 0.360. The van der Waals surface area contributed by atoms with Crippen LogP contribution in [0.5, 0.6) is 0 Å². The van der Waals surface area contributed by atoms with Crippen LogP contribution in [-0.4, -0.2) is 41.2 Å². The number of hydrogen-bond donors (Lipinski definition) is 1. The number of benzene rings is 2. The number of ether oxygens (including phenoxy) is 1. The van der Waals surface area contributed by atoms with Gasteiger partial charge >= 0.3 is 5.97 Å². The number of unbranched alkanes of at least 4 members (excludes halogenated alkanes) is 2. The van der Waals surface area contributed by atoms with Gasteiger partial charge in [-0.2, -0.15) is 0 Å². The van der Waals surface area contributed by atoms with Crippen LogP contribution < -0.4 is 5.32 Å². The summed E-state index contributed by atoms with van der Waals surface area (Å²) in [5, 5.41) is 2.76. The molecule has 1 aliphatic rings. The van der Waals surface area contributed by atoms with Crippen LogP contribution >= 0.6 is 0 Å². The summed E-state index contributed by atoms with van der Waals surface area (Å²) < 4.78 is 5.23. The minimum Gasteiger partial charge on any atom is -0.462 e. The molecule has 0 radical (unpaired) electrons. The van der Waals surface area contributed by atoms with Crippen LogP contribution in [0.4, 0.5) is 5.69 Å². The number of imide groups is 1. The standard InChI is InChI=1S/C25H28N2O5/c1-4-5-8-15-32-25(31)17-11-13-18(14-12-17)26-22(28)21(16(2)3)27-23(29)19-9-6-7-10-20(19)24(27)30/h6-7,9-14,16,21H,4-5,8,15H2,1-3H3,(H,26,28)/t21-/m0/s1. The van der Waals surface area contributed by atoms with Gasteiger partial charge in [0.1, 0.15) is 6.04 Å². The van der Waals surface area contributed by atoms with E-state index in [1.54, 1.807) is 62.4 Å². The van der Waals surface area contributed by atoms with E-state index in [2.05, 4.69) is 12.2 Å². The van der Waals surface area contributed by atoms with Crippen molar-refractivity contribution in [1.82, 2.24) is 4.90 Å².